The molecule has 94 valence electrons. The van der Waals surface area contributed by atoms with Gasteiger partial charge in [-0.3, -0.25) is 9.78 Å². The Labute approximate surface area is 103 Å². The Balaban J connectivity index is 1.78. The molecular formula is C11H12N4O3. The molecule has 2 aromatic rings. The second-order valence-corrected chi connectivity index (χ2v) is 3.62. The van der Waals surface area contributed by atoms with Gasteiger partial charge in [-0.2, -0.15) is 0 Å². The predicted octanol–water partition coefficient (Wildman–Crippen LogP) is 0.662. The van der Waals surface area contributed by atoms with E-state index in [1.165, 1.54) is 6.20 Å². The second kappa shape index (κ2) is 5.76. The minimum Gasteiger partial charge on any atom is -0.487 e. The zero-order valence-electron chi connectivity index (χ0n) is 9.74. The van der Waals surface area contributed by atoms with E-state index >= 15 is 0 Å². The molecular weight excluding hydrogens is 236 g/mol. The molecule has 18 heavy (non-hydrogen) atoms. The second-order valence-electron chi connectivity index (χ2n) is 3.62. The molecule has 7 heteroatoms. The Morgan fingerprint density at radius 1 is 1.56 bits per heavy atom. The molecule has 1 atom stereocenters. The zero-order chi connectivity index (χ0) is 12.8. The highest BCUT2D eigenvalue weighted by Crippen LogP contribution is 2.08. The summed E-state index contributed by atoms with van der Waals surface area (Å²) in [4.78, 5) is 15.5. The van der Waals surface area contributed by atoms with Gasteiger partial charge in [-0.05, 0) is 24.2 Å². The molecule has 1 N–H and O–H groups in total. The molecule has 0 aliphatic heterocycles. The molecule has 0 aromatic carbocycles. The Morgan fingerprint density at radius 2 is 2.44 bits per heavy atom. The number of pyridine rings is 1. The number of hydrogen-bond donors (Lipinski definition) is 1. The number of rotatable bonds is 5. The Hall–Kier alpha value is -2.44. The van der Waals surface area contributed by atoms with Gasteiger partial charge >= 0.3 is 0 Å². The van der Waals surface area contributed by atoms with Crippen LogP contribution in [0.3, 0.4) is 0 Å². The van der Waals surface area contributed by atoms with Crippen molar-refractivity contribution in [1.82, 2.24) is 20.6 Å². The smallest absolute Gasteiger partial charge is 0.275 e. The molecule has 2 aromatic heterocycles. The highest BCUT2D eigenvalue weighted by atomic mass is 16.6. The van der Waals surface area contributed by atoms with Crippen LogP contribution in [0.2, 0.25) is 0 Å². The van der Waals surface area contributed by atoms with E-state index in [9.17, 15) is 4.79 Å². The number of carbonyl (C=O) groups is 1. The molecule has 0 fully saturated rings. The summed E-state index contributed by atoms with van der Waals surface area (Å²) < 4.78 is 9.88. The van der Waals surface area contributed by atoms with E-state index in [2.05, 4.69) is 25.2 Å². The summed E-state index contributed by atoms with van der Waals surface area (Å²) in [5, 5.41) is 9.44. The number of carbonyl (C=O) groups excluding carboxylic acids is 1. The van der Waals surface area contributed by atoms with E-state index in [4.69, 9.17) is 4.74 Å². The first-order valence-corrected chi connectivity index (χ1v) is 5.38. The molecule has 0 unspecified atom stereocenters. The number of hydrogen-bond acceptors (Lipinski definition) is 6. The van der Waals surface area contributed by atoms with Crippen LogP contribution in [0.5, 0.6) is 5.75 Å². The number of nitrogens with one attached hydrogen (secondary N) is 1. The van der Waals surface area contributed by atoms with Gasteiger partial charge in [-0.15, -0.1) is 0 Å². The van der Waals surface area contributed by atoms with Gasteiger partial charge in [0.2, 0.25) is 0 Å². The minimum atomic E-state index is -0.349. The summed E-state index contributed by atoms with van der Waals surface area (Å²) in [7, 11) is 0. The van der Waals surface area contributed by atoms with Crippen molar-refractivity contribution in [3.05, 3.63) is 36.4 Å². The fourth-order valence-corrected chi connectivity index (χ4v) is 1.28. The third-order valence-corrected chi connectivity index (χ3v) is 2.12. The lowest BCUT2D eigenvalue weighted by atomic mass is 10.3. The van der Waals surface area contributed by atoms with Crippen LogP contribution in [-0.2, 0) is 0 Å². The van der Waals surface area contributed by atoms with Gasteiger partial charge in [0.05, 0.1) is 12.7 Å². The van der Waals surface area contributed by atoms with Crippen molar-refractivity contribution in [1.29, 1.82) is 0 Å². The first kappa shape index (κ1) is 12.0. The van der Waals surface area contributed by atoms with Crippen molar-refractivity contribution < 1.29 is 14.2 Å². The standard InChI is InChI=1S/C11H12N4O3/c1-8(17-9-3-2-4-12-6-9)5-13-11(16)10-7-14-18-15-10/h2-4,6-8H,5H2,1H3,(H,13,16)/t8-/m1/s1. The summed E-state index contributed by atoms with van der Waals surface area (Å²) in [6, 6.07) is 3.58. The number of nitrogens with zero attached hydrogens (tertiary/aromatic N) is 3. The maximum absolute atomic E-state index is 11.5. The van der Waals surface area contributed by atoms with Crippen LogP contribution in [0.15, 0.2) is 35.4 Å². The number of aromatic nitrogens is 3. The van der Waals surface area contributed by atoms with Gasteiger partial charge in [0.15, 0.2) is 5.69 Å². The lowest BCUT2D eigenvalue weighted by molar-refractivity contribution is 0.0922. The minimum absolute atomic E-state index is 0.142. The van der Waals surface area contributed by atoms with E-state index in [0.29, 0.717) is 12.3 Å². The largest absolute Gasteiger partial charge is 0.487 e. The van der Waals surface area contributed by atoms with Crippen LogP contribution in [0.1, 0.15) is 17.4 Å². The summed E-state index contributed by atoms with van der Waals surface area (Å²) in [6.07, 6.45) is 4.34. The van der Waals surface area contributed by atoms with Gasteiger partial charge in [0, 0.05) is 6.20 Å². The first-order valence-electron chi connectivity index (χ1n) is 5.38. The molecule has 0 spiro atoms. The fourth-order valence-electron chi connectivity index (χ4n) is 1.28. The molecule has 0 aliphatic carbocycles. The molecule has 2 heterocycles. The van der Waals surface area contributed by atoms with Crippen molar-refractivity contribution in [2.45, 2.75) is 13.0 Å². The summed E-state index contributed by atoms with van der Waals surface area (Å²) in [5.74, 6) is 0.306. The average Bonchev–Trinajstić information content (AvgIpc) is 2.91. The van der Waals surface area contributed by atoms with Crippen LogP contribution in [-0.4, -0.2) is 33.9 Å². The van der Waals surface area contributed by atoms with Gasteiger partial charge in [-0.25, -0.2) is 4.63 Å². The maximum Gasteiger partial charge on any atom is 0.275 e. The molecule has 0 bridgehead atoms. The van der Waals surface area contributed by atoms with Crippen molar-refractivity contribution in [3.8, 4) is 5.75 Å². The molecule has 0 aliphatic rings. The van der Waals surface area contributed by atoms with Crippen molar-refractivity contribution in [2.24, 2.45) is 0 Å². The third-order valence-electron chi connectivity index (χ3n) is 2.12. The van der Waals surface area contributed by atoms with Gasteiger partial charge < -0.3 is 10.1 Å². The van der Waals surface area contributed by atoms with E-state index in [1.54, 1.807) is 24.5 Å². The van der Waals surface area contributed by atoms with E-state index in [1.807, 2.05) is 6.92 Å². The van der Waals surface area contributed by atoms with Gasteiger partial charge in [0.25, 0.3) is 5.91 Å². The lowest BCUT2D eigenvalue weighted by Crippen LogP contribution is -2.33. The molecule has 0 saturated carbocycles. The van der Waals surface area contributed by atoms with E-state index in [0.717, 1.165) is 0 Å². The molecule has 7 nitrogen and oxygen atoms in total. The lowest BCUT2D eigenvalue weighted by Gasteiger charge is -2.14. The van der Waals surface area contributed by atoms with Crippen LogP contribution in [0.25, 0.3) is 0 Å². The van der Waals surface area contributed by atoms with Crippen LogP contribution >= 0.6 is 0 Å². The highest BCUT2D eigenvalue weighted by Gasteiger charge is 2.11. The number of ether oxygens (including phenoxy) is 1. The normalized spacial score (nSPS) is 11.8. The first-order chi connectivity index (χ1) is 8.75. The third kappa shape index (κ3) is 3.27. The van der Waals surface area contributed by atoms with Crippen molar-refractivity contribution >= 4 is 5.91 Å². The summed E-state index contributed by atoms with van der Waals surface area (Å²) >= 11 is 0. The zero-order valence-corrected chi connectivity index (χ0v) is 9.74. The summed E-state index contributed by atoms with van der Waals surface area (Å²) in [5.41, 5.74) is 0.142. The van der Waals surface area contributed by atoms with Crippen LogP contribution in [0.4, 0.5) is 0 Å². The molecule has 1 amide bonds. The fraction of sp³-hybridized carbons (Fsp3) is 0.273. The Bertz CT molecular complexity index is 486. The van der Waals surface area contributed by atoms with Gasteiger partial charge in [-0.1, -0.05) is 5.16 Å². The Kier molecular flexibility index (Phi) is 3.85. The van der Waals surface area contributed by atoms with Crippen molar-refractivity contribution in [3.63, 3.8) is 0 Å². The number of amides is 1. The van der Waals surface area contributed by atoms with Crippen LogP contribution in [0, 0.1) is 0 Å². The van der Waals surface area contributed by atoms with Crippen LogP contribution < -0.4 is 10.1 Å². The predicted molar refractivity (Wildman–Crippen MR) is 61.0 cm³/mol. The van der Waals surface area contributed by atoms with Gasteiger partial charge in [0.1, 0.15) is 18.1 Å². The summed E-state index contributed by atoms with van der Waals surface area (Å²) in [6.45, 7) is 2.19. The average molecular weight is 248 g/mol. The monoisotopic (exact) mass is 248 g/mol. The maximum atomic E-state index is 11.5. The highest BCUT2D eigenvalue weighted by molar-refractivity contribution is 5.91. The Morgan fingerprint density at radius 3 is 3.11 bits per heavy atom. The van der Waals surface area contributed by atoms with E-state index in [-0.39, 0.29) is 17.7 Å². The molecule has 0 radical (unpaired) electrons. The molecule has 0 saturated heterocycles. The topological polar surface area (TPSA) is 90.1 Å². The van der Waals surface area contributed by atoms with E-state index < -0.39 is 0 Å². The van der Waals surface area contributed by atoms with Crippen molar-refractivity contribution in [2.75, 3.05) is 6.54 Å². The quantitative estimate of drug-likeness (QED) is 0.836. The SMILES string of the molecule is C[C@H](CNC(=O)c1cnon1)Oc1cccnc1. The molecule has 2 rings (SSSR count).